The quantitative estimate of drug-likeness (QED) is 0.407. The number of benzene rings is 2. The van der Waals surface area contributed by atoms with E-state index in [1.807, 2.05) is 6.07 Å². The number of alkyl halides is 3. The predicted octanol–water partition coefficient (Wildman–Crippen LogP) is 4.19. The van der Waals surface area contributed by atoms with Crippen molar-refractivity contribution in [3.8, 4) is 0 Å². The van der Waals surface area contributed by atoms with Crippen molar-refractivity contribution in [3.63, 3.8) is 0 Å². The summed E-state index contributed by atoms with van der Waals surface area (Å²) < 4.78 is 47.2. The van der Waals surface area contributed by atoms with E-state index in [-0.39, 0.29) is 27.3 Å². The van der Waals surface area contributed by atoms with Gasteiger partial charge in [-0.05, 0) is 23.3 Å². The molecule has 0 radical (unpaired) electrons. The Kier molecular flexibility index (Phi) is 5.94. The molecule has 2 heterocycles. The van der Waals surface area contributed by atoms with Crippen molar-refractivity contribution in [3.05, 3.63) is 103 Å². The van der Waals surface area contributed by atoms with Crippen LogP contribution in [0.25, 0.3) is 10.2 Å². The lowest BCUT2D eigenvalue weighted by molar-refractivity contribution is -0.138. The van der Waals surface area contributed by atoms with E-state index in [1.165, 1.54) is 31.3 Å². The molecular formula is C23H17F3N2O4S. The van der Waals surface area contributed by atoms with Crippen LogP contribution < -0.4 is 11.2 Å². The summed E-state index contributed by atoms with van der Waals surface area (Å²) in [5.41, 5.74) is -1.90. The van der Waals surface area contributed by atoms with Gasteiger partial charge in [-0.3, -0.25) is 13.9 Å². The van der Waals surface area contributed by atoms with Crippen LogP contribution in [0.15, 0.2) is 70.3 Å². The Labute approximate surface area is 189 Å². The maximum Gasteiger partial charge on any atom is 0.416 e. The molecule has 0 unspecified atom stereocenters. The lowest BCUT2D eigenvalue weighted by atomic mass is 10.1. The number of rotatable bonds is 5. The normalized spacial score (nSPS) is 11.6. The lowest BCUT2D eigenvalue weighted by Gasteiger charge is -2.14. The lowest BCUT2D eigenvalue weighted by Crippen LogP contribution is -2.39. The van der Waals surface area contributed by atoms with Crippen LogP contribution >= 0.6 is 11.3 Å². The summed E-state index contributed by atoms with van der Waals surface area (Å²) in [5, 5.41) is 0.0539. The number of aromatic nitrogens is 2. The molecule has 10 heteroatoms. The molecule has 0 N–H and O–H groups in total. The van der Waals surface area contributed by atoms with E-state index in [4.69, 9.17) is 4.74 Å². The molecule has 6 nitrogen and oxygen atoms in total. The molecule has 0 bridgehead atoms. The average molecular weight is 474 g/mol. The minimum absolute atomic E-state index is 0.0330. The maximum atomic E-state index is 13.4. The van der Waals surface area contributed by atoms with Crippen molar-refractivity contribution in [1.82, 2.24) is 9.13 Å². The summed E-state index contributed by atoms with van der Waals surface area (Å²) in [6.07, 6.45) is -4.63. The largest absolute Gasteiger partial charge is 0.457 e. The monoisotopic (exact) mass is 474 g/mol. The van der Waals surface area contributed by atoms with Gasteiger partial charge in [-0.25, -0.2) is 9.59 Å². The van der Waals surface area contributed by atoms with Crippen molar-refractivity contribution in [2.75, 3.05) is 0 Å². The average Bonchev–Trinajstić information content (AvgIpc) is 3.25. The topological polar surface area (TPSA) is 70.3 Å². The maximum absolute atomic E-state index is 13.4. The first-order valence-corrected chi connectivity index (χ1v) is 10.6. The second-order valence-electron chi connectivity index (χ2n) is 7.28. The molecule has 33 heavy (non-hydrogen) atoms. The Morgan fingerprint density at radius 2 is 1.70 bits per heavy atom. The first-order chi connectivity index (χ1) is 15.7. The van der Waals surface area contributed by atoms with Gasteiger partial charge in [-0.2, -0.15) is 13.2 Å². The van der Waals surface area contributed by atoms with E-state index in [1.54, 1.807) is 24.3 Å². The van der Waals surface area contributed by atoms with E-state index in [0.717, 1.165) is 32.1 Å². The Balaban J connectivity index is 1.71. The summed E-state index contributed by atoms with van der Waals surface area (Å²) in [6, 6.07) is 15.1. The second kappa shape index (κ2) is 8.70. The van der Waals surface area contributed by atoms with Crippen LogP contribution in [0.2, 0.25) is 0 Å². The predicted molar refractivity (Wildman–Crippen MR) is 117 cm³/mol. The number of ether oxygens (including phenoxy) is 1. The fourth-order valence-corrected chi connectivity index (χ4v) is 4.42. The molecule has 0 aliphatic heterocycles. The van der Waals surface area contributed by atoms with Gasteiger partial charge >= 0.3 is 17.8 Å². The number of fused-ring (bicyclic) bond motifs is 1. The molecule has 170 valence electrons. The van der Waals surface area contributed by atoms with E-state index in [9.17, 15) is 27.6 Å². The van der Waals surface area contributed by atoms with Gasteiger partial charge in [-0.15, -0.1) is 11.3 Å². The van der Waals surface area contributed by atoms with Gasteiger partial charge < -0.3 is 4.74 Å². The first kappa shape index (κ1) is 22.5. The van der Waals surface area contributed by atoms with Crippen LogP contribution in [0, 0.1) is 0 Å². The van der Waals surface area contributed by atoms with Gasteiger partial charge in [0.2, 0.25) is 0 Å². The third kappa shape index (κ3) is 4.47. The number of hydrogen-bond donors (Lipinski definition) is 0. The van der Waals surface area contributed by atoms with E-state index < -0.39 is 35.5 Å². The summed E-state index contributed by atoms with van der Waals surface area (Å²) in [7, 11) is 1.39. The summed E-state index contributed by atoms with van der Waals surface area (Å²) in [4.78, 5) is 38.6. The van der Waals surface area contributed by atoms with Crippen LogP contribution in [0.3, 0.4) is 0 Å². The zero-order valence-electron chi connectivity index (χ0n) is 17.3. The SMILES string of the molecule is Cn1c(=O)n(Cc2ccccc2C(F)(F)F)c(=O)c2cc(C(=O)OCc3ccccc3)sc21. The molecule has 0 aliphatic carbocycles. The number of aryl methyl sites for hydroxylation is 1. The highest BCUT2D eigenvalue weighted by atomic mass is 32.1. The highest BCUT2D eigenvalue weighted by Gasteiger charge is 2.33. The van der Waals surface area contributed by atoms with E-state index in [0.29, 0.717) is 0 Å². The number of nitrogens with zero attached hydrogens (tertiary/aromatic N) is 2. The van der Waals surface area contributed by atoms with Gasteiger partial charge in [0.05, 0.1) is 17.5 Å². The number of carbonyl (C=O) groups is 1. The van der Waals surface area contributed by atoms with Crippen LogP contribution in [0.1, 0.15) is 26.4 Å². The summed E-state index contributed by atoms with van der Waals surface area (Å²) in [5.74, 6) is -0.666. The molecule has 0 aliphatic rings. The van der Waals surface area contributed by atoms with Crippen LogP contribution in [-0.4, -0.2) is 15.1 Å². The van der Waals surface area contributed by atoms with E-state index in [2.05, 4.69) is 0 Å². The van der Waals surface area contributed by atoms with Gasteiger partial charge in [0.15, 0.2) is 0 Å². The Morgan fingerprint density at radius 1 is 1.03 bits per heavy atom. The summed E-state index contributed by atoms with van der Waals surface area (Å²) in [6.45, 7) is -0.522. The third-order valence-corrected chi connectivity index (χ3v) is 6.27. The number of carbonyl (C=O) groups excluding carboxylic acids is 1. The minimum Gasteiger partial charge on any atom is -0.457 e. The van der Waals surface area contributed by atoms with Gasteiger partial charge in [0.1, 0.15) is 16.3 Å². The van der Waals surface area contributed by atoms with Crippen molar-refractivity contribution < 1.29 is 22.7 Å². The third-order valence-electron chi connectivity index (χ3n) is 5.08. The second-order valence-corrected chi connectivity index (χ2v) is 8.31. The zero-order chi connectivity index (χ0) is 23.8. The molecule has 0 spiro atoms. The smallest absolute Gasteiger partial charge is 0.416 e. The molecule has 0 saturated heterocycles. The Hall–Kier alpha value is -3.66. The van der Waals surface area contributed by atoms with Crippen LogP contribution in [0.5, 0.6) is 0 Å². The standard InChI is InChI=1S/C23H17F3N2O4S/c1-27-20-16(11-18(33-20)21(30)32-13-14-7-3-2-4-8-14)19(29)28(22(27)31)12-15-9-5-6-10-17(15)23(24,25)26/h2-11H,12-13H2,1H3. The number of esters is 1. The highest BCUT2D eigenvalue weighted by molar-refractivity contribution is 7.20. The number of hydrogen-bond acceptors (Lipinski definition) is 5. The van der Waals surface area contributed by atoms with Crippen LogP contribution in [-0.2, 0) is 31.1 Å². The minimum atomic E-state index is -4.63. The molecule has 2 aromatic carbocycles. The van der Waals surface area contributed by atoms with E-state index >= 15 is 0 Å². The van der Waals surface area contributed by atoms with Gasteiger partial charge in [0, 0.05) is 7.05 Å². The van der Waals surface area contributed by atoms with Crippen molar-refractivity contribution in [2.24, 2.45) is 7.05 Å². The van der Waals surface area contributed by atoms with Gasteiger partial charge in [0.25, 0.3) is 5.56 Å². The molecule has 0 saturated carbocycles. The van der Waals surface area contributed by atoms with Gasteiger partial charge in [-0.1, -0.05) is 48.5 Å². The Morgan fingerprint density at radius 3 is 2.39 bits per heavy atom. The molecule has 0 amide bonds. The van der Waals surface area contributed by atoms with Crippen molar-refractivity contribution in [2.45, 2.75) is 19.3 Å². The van der Waals surface area contributed by atoms with Crippen LogP contribution in [0.4, 0.5) is 13.2 Å². The highest BCUT2D eigenvalue weighted by Crippen LogP contribution is 2.32. The molecular weight excluding hydrogens is 457 g/mol. The molecule has 4 aromatic rings. The van der Waals surface area contributed by atoms with Crippen molar-refractivity contribution >= 4 is 27.5 Å². The number of thiophene rings is 1. The fraction of sp³-hybridized carbons (Fsp3) is 0.174. The zero-order valence-corrected chi connectivity index (χ0v) is 18.1. The fourth-order valence-electron chi connectivity index (χ4n) is 3.42. The summed E-state index contributed by atoms with van der Waals surface area (Å²) >= 11 is 0.913. The molecule has 4 rings (SSSR count). The molecule has 0 atom stereocenters. The van der Waals surface area contributed by atoms with Crippen molar-refractivity contribution in [1.29, 1.82) is 0 Å². The molecule has 0 fully saturated rings. The molecule has 2 aromatic heterocycles. The first-order valence-electron chi connectivity index (χ1n) is 9.76. The Bertz CT molecular complexity index is 1450. The number of halogens is 3.